The number of nitrogens with one attached hydrogen (secondary N) is 1. The molecule has 0 bridgehead atoms. The third-order valence-electron chi connectivity index (χ3n) is 4.30. The van der Waals surface area contributed by atoms with Crippen LogP contribution in [0.5, 0.6) is 5.75 Å². The average Bonchev–Trinajstić information content (AvgIpc) is 3.07. The molecular formula is C18H14N4O4. The van der Waals surface area contributed by atoms with Gasteiger partial charge in [0.1, 0.15) is 11.3 Å². The molecule has 0 saturated heterocycles. The minimum atomic E-state index is -0.541. The first-order chi connectivity index (χ1) is 12.5. The van der Waals surface area contributed by atoms with Crippen LogP contribution < -0.4 is 5.32 Å². The fourth-order valence-electron chi connectivity index (χ4n) is 3.07. The smallest absolute Gasteiger partial charge is 0.398 e. The van der Waals surface area contributed by atoms with Crippen molar-refractivity contribution in [3.63, 3.8) is 0 Å². The molecule has 1 amide bonds. The molecular weight excluding hydrogens is 336 g/mol. The zero-order valence-electron chi connectivity index (χ0n) is 13.5. The Hall–Kier alpha value is -3.68. The van der Waals surface area contributed by atoms with Gasteiger partial charge in [0.15, 0.2) is 0 Å². The van der Waals surface area contributed by atoms with Gasteiger partial charge in [0.2, 0.25) is 0 Å². The van der Waals surface area contributed by atoms with Gasteiger partial charge in [0.05, 0.1) is 17.0 Å². The molecule has 8 nitrogen and oxygen atoms in total. The summed E-state index contributed by atoms with van der Waals surface area (Å²) in [7, 11) is 0. The Morgan fingerprint density at radius 2 is 2.04 bits per heavy atom. The van der Waals surface area contributed by atoms with Crippen molar-refractivity contribution in [3.8, 4) is 22.6 Å². The van der Waals surface area contributed by atoms with Crippen LogP contribution in [0.3, 0.4) is 0 Å². The van der Waals surface area contributed by atoms with Crippen LogP contribution in [0.2, 0.25) is 0 Å². The zero-order valence-corrected chi connectivity index (χ0v) is 13.5. The Kier molecular flexibility index (Phi) is 3.65. The van der Waals surface area contributed by atoms with E-state index in [0.717, 1.165) is 5.56 Å². The molecule has 1 aliphatic heterocycles. The van der Waals surface area contributed by atoms with Crippen molar-refractivity contribution < 1.29 is 14.8 Å². The highest BCUT2D eigenvalue weighted by molar-refractivity contribution is 5.97. The maximum atomic E-state index is 11.9. The third-order valence-corrected chi connectivity index (χ3v) is 4.30. The second kappa shape index (κ2) is 5.99. The number of carbonyl (C=O) groups is 1. The van der Waals surface area contributed by atoms with Crippen LogP contribution in [0.1, 0.15) is 15.9 Å². The van der Waals surface area contributed by atoms with Gasteiger partial charge in [0, 0.05) is 18.2 Å². The second-order valence-electron chi connectivity index (χ2n) is 5.97. The van der Waals surface area contributed by atoms with Crippen molar-refractivity contribution >= 4 is 11.7 Å². The van der Waals surface area contributed by atoms with Gasteiger partial charge in [0.25, 0.3) is 5.91 Å². The quantitative estimate of drug-likeness (QED) is 0.557. The maximum absolute atomic E-state index is 11.9. The lowest BCUT2D eigenvalue weighted by Gasteiger charge is -2.16. The SMILES string of the molecule is O=C1NCCc2cc(-c3cn(-c4cccc(O)c4)nc3[N+](=O)[O-])ccc21. The largest absolute Gasteiger partial charge is 0.508 e. The summed E-state index contributed by atoms with van der Waals surface area (Å²) < 4.78 is 1.36. The molecule has 4 rings (SSSR count). The van der Waals surface area contributed by atoms with Gasteiger partial charge >= 0.3 is 5.82 Å². The van der Waals surface area contributed by atoms with Gasteiger partial charge in [-0.3, -0.25) is 4.79 Å². The van der Waals surface area contributed by atoms with E-state index >= 15 is 0 Å². The number of rotatable bonds is 3. The molecule has 0 radical (unpaired) electrons. The third kappa shape index (κ3) is 2.67. The molecule has 2 N–H and O–H groups in total. The summed E-state index contributed by atoms with van der Waals surface area (Å²) in [5, 5.41) is 27.9. The topological polar surface area (TPSA) is 110 Å². The highest BCUT2D eigenvalue weighted by Gasteiger charge is 2.25. The fraction of sp³-hybridized carbons (Fsp3) is 0.111. The standard InChI is InChI=1S/C18H14N4O4/c23-14-3-1-2-13(9-14)21-10-16(17(20-21)22(25)26)11-4-5-15-12(8-11)6-7-19-18(15)24/h1-5,8-10,23H,6-7H2,(H,19,24). The molecule has 0 unspecified atom stereocenters. The predicted molar refractivity (Wildman–Crippen MR) is 93.4 cm³/mol. The van der Waals surface area contributed by atoms with Gasteiger partial charge < -0.3 is 20.5 Å². The Bertz CT molecular complexity index is 1040. The lowest BCUT2D eigenvalue weighted by Crippen LogP contribution is -2.31. The molecule has 0 saturated carbocycles. The minimum absolute atomic E-state index is 0.0435. The first-order valence-electron chi connectivity index (χ1n) is 7.98. The lowest BCUT2D eigenvalue weighted by atomic mass is 9.96. The number of aromatic hydroxyl groups is 1. The maximum Gasteiger partial charge on any atom is 0.398 e. The van der Waals surface area contributed by atoms with Gasteiger partial charge in [-0.25, -0.2) is 0 Å². The number of benzene rings is 2. The summed E-state index contributed by atoms with van der Waals surface area (Å²) in [6, 6.07) is 11.5. The molecule has 0 atom stereocenters. The molecule has 2 heterocycles. The normalized spacial score (nSPS) is 13.2. The molecule has 0 fully saturated rings. The van der Waals surface area contributed by atoms with Crippen LogP contribution in [0.25, 0.3) is 16.8 Å². The van der Waals surface area contributed by atoms with E-state index in [0.29, 0.717) is 35.3 Å². The van der Waals surface area contributed by atoms with Crippen molar-refractivity contribution in [3.05, 3.63) is 69.9 Å². The second-order valence-corrected chi connectivity index (χ2v) is 5.97. The van der Waals surface area contributed by atoms with Crippen molar-refractivity contribution in [1.29, 1.82) is 0 Å². The van der Waals surface area contributed by atoms with E-state index in [9.17, 15) is 20.0 Å². The van der Waals surface area contributed by atoms with E-state index in [-0.39, 0.29) is 17.5 Å². The van der Waals surface area contributed by atoms with Crippen molar-refractivity contribution in [2.45, 2.75) is 6.42 Å². The molecule has 26 heavy (non-hydrogen) atoms. The molecule has 8 heteroatoms. The number of carbonyl (C=O) groups excluding carboxylic acids is 1. The summed E-state index contributed by atoms with van der Waals surface area (Å²) >= 11 is 0. The molecule has 3 aromatic rings. The van der Waals surface area contributed by atoms with Crippen LogP contribution in [-0.2, 0) is 6.42 Å². The monoisotopic (exact) mass is 350 g/mol. The number of phenolic OH excluding ortho intramolecular Hbond substituents is 1. The van der Waals surface area contributed by atoms with E-state index in [1.807, 2.05) is 0 Å². The number of aromatic nitrogens is 2. The number of hydrogen-bond donors (Lipinski definition) is 2. The highest BCUT2D eigenvalue weighted by Crippen LogP contribution is 2.32. The number of amides is 1. The molecule has 130 valence electrons. The molecule has 0 spiro atoms. The van der Waals surface area contributed by atoms with Gasteiger partial charge in [-0.1, -0.05) is 12.1 Å². The predicted octanol–water partition coefficient (Wildman–Crippen LogP) is 2.44. The van der Waals surface area contributed by atoms with Crippen LogP contribution in [0.4, 0.5) is 5.82 Å². The molecule has 2 aromatic carbocycles. The molecule has 1 aromatic heterocycles. The van der Waals surface area contributed by atoms with E-state index in [4.69, 9.17) is 0 Å². The Labute approximate surface area is 147 Å². The van der Waals surface area contributed by atoms with Gasteiger partial charge in [-0.2, -0.15) is 0 Å². The Morgan fingerprint density at radius 1 is 1.19 bits per heavy atom. The number of hydrogen-bond acceptors (Lipinski definition) is 5. The van der Waals surface area contributed by atoms with Crippen LogP contribution in [-0.4, -0.2) is 32.3 Å². The number of nitrogens with zero attached hydrogens (tertiary/aromatic N) is 3. The summed E-state index contributed by atoms with van der Waals surface area (Å²) in [5.74, 6) is -0.377. The summed E-state index contributed by atoms with van der Waals surface area (Å²) in [4.78, 5) is 22.8. The van der Waals surface area contributed by atoms with Crippen LogP contribution >= 0.6 is 0 Å². The fourth-order valence-corrected chi connectivity index (χ4v) is 3.07. The minimum Gasteiger partial charge on any atom is -0.508 e. The van der Waals surface area contributed by atoms with E-state index < -0.39 is 4.92 Å². The average molecular weight is 350 g/mol. The van der Waals surface area contributed by atoms with Crippen LogP contribution in [0.15, 0.2) is 48.7 Å². The van der Waals surface area contributed by atoms with Crippen molar-refractivity contribution in [2.75, 3.05) is 6.54 Å². The summed E-state index contributed by atoms with van der Waals surface area (Å²) in [6.07, 6.45) is 2.22. The van der Waals surface area contributed by atoms with Crippen molar-refractivity contribution in [1.82, 2.24) is 15.1 Å². The summed E-state index contributed by atoms with van der Waals surface area (Å²) in [5.41, 5.74) is 2.93. The first-order valence-corrected chi connectivity index (χ1v) is 7.98. The molecule has 1 aliphatic rings. The number of fused-ring (bicyclic) bond motifs is 1. The zero-order chi connectivity index (χ0) is 18.3. The van der Waals surface area contributed by atoms with E-state index in [1.165, 1.54) is 16.8 Å². The highest BCUT2D eigenvalue weighted by atomic mass is 16.6. The number of nitro groups is 1. The van der Waals surface area contributed by atoms with Crippen molar-refractivity contribution in [2.24, 2.45) is 0 Å². The summed E-state index contributed by atoms with van der Waals surface area (Å²) in [6.45, 7) is 0.542. The van der Waals surface area contributed by atoms with E-state index in [2.05, 4.69) is 10.4 Å². The van der Waals surface area contributed by atoms with Gasteiger partial charge in [-0.05, 0) is 46.7 Å². The Balaban J connectivity index is 1.84. The first kappa shape index (κ1) is 15.8. The van der Waals surface area contributed by atoms with E-state index in [1.54, 1.807) is 36.5 Å². The molecule has 0 aliphatic carbocycles. The van der Waals surface area contributed by atoms with Gasteiger partial charge in [-0.15, -0.1) is 4.68 Å². The lowest BCUT2D eigenvalue weighted by molar-refractivity contribution is -0.389. The Morgan fingerprint density at radius 3 is 2.81 bits per heavy atom. The number of phenols is 1. The van der Waals surface area contributed by atoms with Crippen LogP contribution in [0, 0.1) is 10.1 Å².